The normalized spacial score (nSPS) is 17.8. The number of fused-ring (bicyclic) bond motifs is 1. The van der Waals surface area contributed by atoms with Gasteiger partial charge in [-0.3, -0.25) is 0 Å². The summed E-state index contributed by atoms with van der Waals surface area (Å²) in [7, 11) is -4.13. The van der Waals surface area contributed by atoms with E-state index in [2.05, 4.69) is 0 Å². The predicted octanol–water partition coefficient (Wildman–Crippen LogP) is 2.99. The fourth-order valence-electron chi connectivity index (χ4n) is 2.23. The van der Waals surface area contributed by atoms with Gasteiger partial charge in [-0.25, -0.2) is 8.42 Å². The first kappa shape index (κ1) is 15.1. The molecule has 0 spiro atoms. The largest absolute Gasteiger partial charge is 0.417 e. The molecule has 0 atom stereocenters. The van der Waals surface area contributed by atoms with Gasteiger partial charge in [-0.05, 0) is 31.1 Å². The maximum absolute atomic E-state index is 12.9. The van der Waals surface area contributed by atoms with E-state index in [0.29, 0.717) is 0 Å². The minimum absolute atomic E-state index is 0.0157. The van der Waals surface area contributed by atoms with E-state index in [0.717, 1.165) is 11.5 Å². The maximum Gasteiger partial charge on any atom is 0.417 e. The van der Waals surface area contributed by atoms with Gasteiger partial charge in [0.1, 0.15) is 0 Å². The molecule has 110 valence electrons. The summed E-state index contributed by atoms with van der Waals surface area (Å²) in [5.41, 5.74) is -2.17. The molecule has 1 heterocycles. The van der Waals surface area contributed by atoms with Crippen molar-refractivity contribution in [2.75, 3.05) is 0 Å². The Morgan fingerprint density at radius 3 is 2.30 bits per heavy atom. The van der Waals surface area contributed by atoms with Crippen LogP contribution in [-0.4, -0.2) is 19.1 Å². The van der Waals surface area contributed by atoms with Gasteiger partial charge in [0, 0.05) is 11.8 Å². The molecule has 3 nitrogen and oxygen atoms in total. The topological polar surface area (TPSA) is 54.4 Å². The van der Waals surface area contributed by atoms with Gasteiger partial charge in [-0.1, -0.05) is 12.1 Å². The van der Waals surface area contributed by atoms with Crippen molar-refractivity contribution in [3.8, 4) is 0 Å². The molecule has 0 amide bonds. The van der Waals surface area contributed by atoms with E-state index < -0.39 is 32.1 Å². The number of hydrogen-bond acceptors (Lipinski definition) is 3. The van der Waals surface area contributed by atoms with Crippen molar-refractivity contribution in [1.82, 2.24) is 0 Å². The average molecular weight is 306 g/mol. The first-order valence-corrected chi connectivity index (χ1v) is 7.35. The smallest absolute Gasteiger partial charge is 0.390 e. The Morgan fingerprint density at radius 2 is 1.80 bits per heavy atom. The third-order valence-corrected chi connectivity index (χ3v) is 4.48. The van der Waals surface area contributed by atoms with Crippen LogP contribution in [0.5, 0.6) is 0 Å². The first-order valence-electron chi connectivity index (χ1n) is 5.80. The Balaban J connectivity index is 2.66. The lowest BCUT2D eigenvalue weighted by Crippen LogP contribution is -2.18. The van der Waals surface area contributed by atoms with Crippen LogP contribution in [0.15, 0.2) is 28.5 Å². The van der Waals surface area contributed by atoms with Crippen LogP contribution in [0, 0.1) is 0 Å². The number of rotatable bonds is 2. The van der Waals surface area contributed by atoms with E-state index in [-0.39, 0.29) is 17.6 Å². The molecule has 0 unspecified atom stereocenters. The van der Waals surface area contributed by atoms with Crippen LogP contribution in [-0.2, 0) is 16.0 Å². The zero-order chi connectivity index (χ0) is 15.3. The number of sulfone groups is 1. The molecule has 0 aromatic heterocycles. The summed E-state index contributed by atoms with van der Waals surface area (Å²) in [6.45, 7) is 2.93. The number of alkyl halides is 3. The van der Waals surface area contributed by atoms with Gasteiger partial charge in [0.05, 0.1) is 16.1 Å². The molecule has 2 rings (SSSR count). The lowest BCUT2D eigenvalue weighted by Gasteiger charge is -2.18. The van der Waals surface area contributed by atoms with E-state index in [9.17, 15) is 26.7 Å². The van der Waals surface area contributed by atoms with Gasteiger partial charge in [-0.2, -0.15) is 13.2 Å². The number of aliphatic hydroxyl groups is 1. The van der Waals surface area contributed by atoms with Crippen molar-refractivity contribution in [1.29, 1.82) is 0 Å². The van der Waals surface area contributed by atoms with E-state index in [1.165, 1.54) is 26.0 Å². The highest BCUT2D eigenvalue weighted by atomic mass is 32.2. The Kier molecular flexibility index (Phi) is 3.26. The SMILES string of the molecule is CC(C)(O)CC1=CS(=O)(=O)c2c1cccc2C(F)(F)F. The second-order valence-corrected chi connectivity index (χ2v) is 7.09. The number of halogens is 3. The van der Waals surface area contributed by atoms with Crippen molar-refractivity contribution >= 4 is 15.4 Å². The molecule has 0 saturated heterocycles. The maximum atomic E-state index is 12.9. The van der Waals surface area contributed by atoms with Gasteiger partial charge in [0.15, 0.2) is 0 Å². The Bertz CT molecular complexity index is 680. The van der Waals surface area contributed by atoms with Crippen LogP contribution in [0.3, 0.4) is 0 Å². The highest BCUT2D eigenvalue weighted by Gasteiger charge is 2.41. The zero-order valence-corrected chi connectivity index (χ0v) is 11.6. The summed E-state index contributed by atoms with van der Waals surface area (Å²) in [6.07, 6.45) is -4.78. The molecule has 1 aromatic carbocycles. The van der Waals surface area contributed by atoms with Crippen molar-refractivity contribution in [3.05, 3.63) is 34.7 Å². The van der Waals surface area contributed by atoms with Crippen LogP contribution in [0.25, 0.3) is 5.57 Å². The summed E-state index contributed by atoms with van der Waals surface area (Å²) in [4.78, 5) is -0.716. The Morgan fingerprint density at radius 1 is 1.20 bits per heavy atom. The molecule has 0 bridgehead atoms. The highest BCUT2D eigenvalue weighted by molar-refractivity contribution is 7.95. The third-order valence-electron chi connectivity index (χ3n) is 2.87. The average Bonchev–Trinajstić information content (AvgIpc) is 2.47. The lowest BCUT2D eigenvalue weighted by atomic mass is 9.94. The van der Waals surface area contributed by atoms with E-state index in [1.54, 1.807) is 0 Å². The fourth-order valence-corrected chi connectivity index (χ4v) is 3.93. The zero-order valence-electron chi connectivity index (χ0n) is 10.8. The minimum Gasteiger partial charge on any atom is -0.390 e. The fraction of sp³-hybridized carbons (Fsp3) is 0.385. The van der Waals surface area contributed by atoms with Crippen molar-refractivity contribution in [2.24, 2.45) is 0 Å². The van der Waals surface area contributed by atoms with Crippen LogP contribution >= 0.6 is 0 Å². The lowest BCUT2D eigenvalue weighted by molar-refractivity contribution is -0.139. The minimum atomic E-state index is -4.74. The summed E-state index contributed by atoms with van der Waals surface area (Å²) in [5.74, 6) is 0. The molecule has 1 aromatic rings. The van der Waals surface area contributed by atoms with Crippen molar-refractivity contribution < 1.29 is 26.7 Å². The molecule has 1 N–H and O–H groups in total. The van der Waals surface area contributed by atoms with Gasteiger partial charge in [0.25, 0.3) is 0 Å². The van der Waals surface area contributed by atoms with Crippen LogP contribution in [0.2, 0.25) is 0 Å². The van der Waals surface area contributed by atoms with Crippen LogP contribution in [0.1, 0.15) is 31.4 Å². The second kappa shape index (κ2) is 4.33. The quantitative estimate of drug-likeness (QED) is 0.914. The Hall–Kier alpha value is -1.34. The molecule has 0 aliphatic carbocycles. The standard InChI is InChI=1S/C13H13F3O3S/c1-12(2,17)6-8-7-20(18,19)11-9(8)4-3-5-10(11)13(14,15)16/h3-5,7,17H,6H2,1-2H3. The van der Waals surface area contributed by atoms with Crippen LogP contribution < -0.4 is 0 Å². The van der Waals surface area contributed by atoms with Gasteiger partial charge >= 0.3 is 6.18 Å². The predicted molar refractivity (Wildman–Crippen MR) is 67.5 cm³/mol. The van der Waals surface area contributed by atoms with E-state index >= 15 is 0 Å². The van der Waals surface area contributed by atoms with Gasteiger partial charge in [-0.15, -0.1) is 0 Å². The molecule has 0 radical (unpaired) electrons. The molecule has 1 aliphatic rings. The molecule has 0 saturated carbocycles. The van der Waals surface area contributed by atoms with Crippen molar-refractivity contribution in [3.63, 3.8) is 0 Å². The third kappa shape index (κ3) is 2.73. The molecular formula is C13H13F3O3S. The summed E-state index contributed by atoms with van der Waals surface area (Å²) >= 11 is 0. The molecular weight excluding hydrogens is 293 g/mol. The van der Waals surface area contributed by atoms with Gasteiger partial charge in [0.2, 0.25) is 9.84 Å². The van der Waals surface area contributed by atoms with E-state index in [1.807, 2.05) is 0 Å². The number of hydrogen-bond donors (Lipinski definition) is 1. The summed E-state index contributed by atoms with van der Waals surface area (Å²) in [6, 6.07) is 3.24. The summed E-state index contributed by atoms with van der Waals surface area (Å²) < 4.78 is 62.7. The molecule has 7 heteroatoms. The van der Waals surface area contributed by atoms with E-state index in [4.69, 9.17) is 0 Å². The molecule has 20 heavy (non-hydrogen) atoms. The van der Waals surface area contributed by atoms with Crippen molar-refractivity contribution in [2.45, 2.75) is 36.9 Å². The second-order valence-electron chi connectivity index (χ2n) is 5.36. The Labute approximate surface area is 114 Å². The molecule has 1 aliphatic heterocycles. The molecule has 0 fully saturated rings. The van der Waals surface area contributed by atoms with Gasteiger partial charge < -0.3 is 5.11 Å². The number of benzene rings is 1. The first-order chi connectivity index (χ1) is 8.92. The summed E-state index contributed by atoms with van der Waals surface area (Å²) in [5, 5.41) is 10.6. The monoisotopic (exact) mass is 306 g/mol. The highest BCUT2D eigenvalue weighted by Crippen LogP contribution is 2.44. The van der Waals surface area contributed by atoms with Crippen LogP contribution in [0.4, 0.5) is 13.2 Å².